The van der Waals surface area contributed by atoms with Gasteiger partial charge in [0.2, 0.25) is 5.28 Å². The molecule has 0 fully saturated rings. The molecule has 1 aromatic carbocycles. The Bertz CT molecular complexity index is 706. The maximum absolute atomic E-state index is 12.1. The van der Waals surface area contributed by atoms with Crippen LogP contribution < -0.4 is 0 Å². The largest absolute Gasteiger partial charge is 0.462 e. The molecule has 0 radical (unpaired) electrons. The average Bonchev–Trinajstić information content (AvgIpc) is 2.80. The summed E-state index contributed by atoms with van der Waals surface area (Å²) >= 11 is 12.5. The Kier molecular flexibility index (Phi) is 5.93. The molecule has 23 heavy (non-hydrogen) atoms. The van der Waals surface area contributed by atoms with Crippen molar-refractivity contribution in [3.8, 4) is 0 Å². The Morgan fingerprint density at radius 1 is 1.26 bits per heavy atom. The van der Waals surface area contributed by atoms with Crippen LogP contribution in [0.5, 0.6) is 0 Å². The van der Waals surface area contributed by atoms with E-state index in [1.54, 1.807) is 4.57 Å². The Hall–Kier alpha value is -1.26. The number of imidazole rings is 1. The van der Waals surface area contributed by atoms with Crippen LogP contribution in [0.2, 0.25) is 10.3 Å². The molecule has 2 rings (SSSR count). The number of halogens is 2. The van der Waals surface area contributed by atoms with E-state index in [2.05, 4.69) is 18.8 Å². The first-order valence-electron chi connectivity index (χ1n) is 7.92. The molecule has 126 valence electrons. The topological polar surface area (TPSA) is 44.1 Å². The number of fused-ring (bicyclic) bond motifs is 1. The van der Waals surface area contributed by atoms with Crippen molar-refractivity contribution in [3.63, 3.8) is 0 Å². The number of rotatable bonds is 6. The lowest BCUT2D eigenvalue weighted by molar-refractivity contribution is -0.148. The summed E-state index contributed by atoms with van der Waals surface area (Å²) in [7, 11) is 0. The average molecular weight is 357 g/mol. The Morgan fingerprint density at radius 3 is 2.48 bits per heavy atom. The van der Waals surface area contributed by atoms with Gasteiger partial charge < -0.3 is 9.30 Å². The van der Waals surface area contributed by atoms with Crippen LogP contribution in [0.25, 0.3) is 11.0 Å². The maximum atomic E-state index is 12.1. The van der Waals surface area contributed by atoms with Crippen molar-refractivity contribution in [1.29, 1.82) is 0 Å². The molecule has 4 nitrogen and oxygen atoms in total. The van der Waals surface area contributed by atoms with Crippen molar-refractivity contribution in [1.82, 2.24) is 9.55 Å². The minimum atomic E-state index is -0.336. The van der Waals surface area contributed by atoms with Crippen molar-refractivity contribution < 1.29 is 9.53 Å². The van der Waals surface area contributed by atoms with Crippen LogP contribution in [0, 0.1) is 0 Å². The molecule has 0 N–H and O–H groups in total. The first kappa shape index (κ1) is 18.1. The van der Waals surface area contributed by atoms with E-state index in [9.17, 15) is 4.79 Å². The van der Waals surface area contributed by atoms with Gasteiger partial charge in [-0.3, -0.25) is 4.79 Å². The van der Waals surface area contributed by atoms with Crippen LogP contribution in [-0.2, 0) is 16.1 Å². The van der Waals surface area contributed by atoms with E-state index in [4.69, 9.17) is 27.9 Å². The predicted molar refractivity (Wildman–Crippen MR) is 94.3 cm³/mol. The van der Waals surface area contributed by atoms with Gasteiger partial charge in [-0.2, -0.15) is 0 Å². The zero-order chi connectivity index (χ0) is 17.1. The monoisotopic (exact) mass is 356 g/mol. The van der Waals surface area contributed by atoms with Gasteiger partial charge in [0.25, 0.3) is 0 Å². The number of carbonyl (C=O) groups is 1. The molecule has 0 amide bonds. The number of hydrogen-bond donors (Lipinski definition) is 0. The summed E-state index contributed by atoms with van der Waals surface area (Å²) in [6, 6.07) is 3.85. The molecule has 0 bridgehead atoms. The zero-order valence-electron chi connectivity index (χ0n) is 13.9. The molecular weight excluding hydrogens is 335 g/mol. The van der Waals surface area contributed by atoms with Gasteiger partial charge in [0.1, 0.15) is 12.1 Å². The quantitative estimate of drug-likeness (QED) is 0.668. The Labute approximate surface area is 146 Å². The van der Waals surface area contributed by atoms with E-state index in [1.165, 1.54) is 0 Å². The first-order valence-corrected chi connectivity index (χ1v) is 8.68. The van der Waals surface area contributed by atoms with Gasteiger partial charge in [-0.15, -0.1) is 0 Å². The summed E-state index contributed by atoms with van der Waals surface area (Å²) in [5, 5.41) is 0.786. The molecule has 2 aromatic rings. The molecular formula is C17H22Cl2N2O2. The van der Waals surface area contributed by atoms with Gasteiger partial charge in [0.05, 0.1) is 16.6 Å². The number of carbonyl (C=O) groups excluding carboxylic acids is 1. The highest BCUT2D eigenvalue weighted by molar-refractivity contribution is 6.36. The zero-order valence-corrected chi connectivity index (χ0v) is 15.4. The molecule has 1 aromatic heterocycles. The molecule has 0 spiro atoms. The van der Waals surface area contributed by atoms with Crippen LogP contribution >= 0.6 is 23.2 Å². The van der Waals surface area contributed by atoms with Gasteiger partial charge in [-0.1, -0.05) is 31.5 Å². The maximum Gasteiger partial charge on any atom is 0.326 e. The third-order valence-corrected chi connectivity index (χ3v) is 4.50. The number of aromatic nitrogens is 2. The molecule has 0 aliphatic rings. The lowest BCUT2D eigenvalue weighted by Crippen LogP contribution is -2.18. The van der Waals surface area contributed by atoms with E-state index in [-0.39, 0.29) is 23.9 Å². The van der Waals surface area contributed by atoms with Gasteiger partial charge in [0, 0.05) is 0 Å². The highest BCUT2D eigenvalue weighted by Gasteiger charge is 2.21. The van der Waals surface area contributed by atoms with Gasteiger partial charge in [0.15, 0.2) is 0 Å². The van der Waals surface area contributed by atoms with E-state index < -0.39 is 0 Å². The van der Waals surface area contributed by atoms with Gasteiger partial charge in [-0.25, -0.2) is 4.98 Å². The number of nitrogens with zero attached hydrogens (tertiary/aromatic N) is 2. The summed E-state index contributed by atoms with van der Waals surface area (Å²) in [6.07, 6.45) is 1.82. The van der Waals surface area contributed by atoms with E-state index in [0.717, 1.165) is 23.9 Å². The minimum absolute atomic E-state index is 0.0288. The van der Waals surface area contributed by atoms with Gasteiger partial charge in [-0.05, 0) is 55.8 Å². The minimum Gasteiger partial charge on any atom is -0.462 e. The van der Waals surface area contributed by atoms with Crippen molar-refractivity contribution in [3.05, 3.63) is 28.0 Å². The van der Waals surface area contributed by atoms with Crippen LogP contribution in [0.4, 0.5) is 0 Å². The molecule has 0 unspecified atom stereocenters. The van der Waals surface area contributed by atoms with Crippen molar-refractivity contribution in [2.24, 2.45) is 0 Å². The summed E-state index contributed by atoms with van der Waals surface area (Å²) in [5.41, 5.74) is 2.58. The number of esters is 1. The first-order chi connectivity index (χ1) is 10.9. The van der Waals surface area contributed by atoms with E-state index >= 15 is 0 Å². The fourth-order valence-corrected chi connectivity index (χ4v) is 3.26. The second-order valence-corrected chi connectivity index (χ2v) is 6.60. The number of ether oxygens (including phenoxy) is 1. The predicted octanol–water partition coefficient (Wildman–Crippen LogP) is 5.20. The third kappa shape index (κ3) is 3.81. The Balaban J connectivity index is 2.57. The fourth-order valence-electron chi connectivity index (χ4n) is 2.84. The molecule has 0 saturated carbocycles. The summed E-state index contributed by atoms with van der Waals surface area (Å²) in [6.45, 7) is 7.95. The van der Waals surface area contributed by atoms with E-state index in [1.807, 2.05) is 26.0 Å². The van der Waals surface area contributed by atoms with Crippen LogP contribution in [0.3, 0.4) is 0 Å². The van der Waals surface area contributed by atoms with Crippen LogP contribution in [0.1, 0.15) is 52.0 Å². The molecule has 1 heterocycles. The van der Waals surface area contributed by atoms with Crippen LogP contribution in [0.15, 0.2) is 12.1 Å². The third-order valence-electron chi connectivity index (χ3n) is 3.91. The number of benzene rings is 1. The smallest absolute Gasteiger partial charge is 0.326 e. The highest BCUT2D eigenvalue weighted by atomic mass is 35.5. The second kappa shape index (κ2) is 7.54. The SMILES string of the molecule is CCC(CC)c1ccc(Cl)c2nc(Cl)n(CC(=O)OC(C)C)c12. The molecule has 0 saturated heterocycles. The van der Waals surface area contributed by atoms with Crippen molar-refractivity contribution >= 4 is 40.2 Å². The highest BCUT2D eigenvalue weighted by Crippen LogP contribution is 2.35. The molecule has 0 aliphatic carbocycles. The summed E-state index contributed by atoms with van der Waals surface area (Å²) in [5.74, 6) is 0.0269. The second-order valence-electron chi connectivity index (χ2n) is 5.85. The molecule has 0 atom stereocenters. The lowest BCUT2D eigenvalue weighted by Gasteiger charge is -2.17. The molecule has 0 aliphatic heterocycles. The standard InChI is InChI=1S/C17H22Cl2N2O2/c1-5-11(6-2)12-7-8-13(18)15-16(12)21(17(19)20-15)9-14(22)23-10(3)4/h7-8,10-11H,5-6,9H2,1-4H3. The van der Waals surface area contributed by atoms with Gasteiger partial charge >= 0.3 is 5.97 Å². The Morgan fingerprint density at radius 2 is 1.91 bits per heavy atom. The fraction of sp³-hybridized carbons (Fsp3) is 0.529. The van der Waals surface area contributed by atoms with E-state index in [0.29, 0.717) is 16.5 Å². The molecule has 6 heteroatoms. The summed E-state index contributed by atoms with van der Waals surface area (Å²) in [4.78, 5) is 16.4. The normalized spacial score (nSPS) is 11.7. The lowest BCUT2D eigenvalue weighted by atomic mass is 9.93. The van der Waals surface area contributed by atoms with Crippen molar-refractivity contribution in [2.45, 2.75) is 59.1 Å². The number of hydrogen-bond acceptors (Lipinski definition) is 3. The van der Waals surface area contributed by atoms with Crippen molar-refractivity contribution in [2.75, 3.05) is 0 Å². The van der Waals surface area contributed by atoms with Crippen LogP contribution in [-0.4, -0.2) is 21.6 Å². The summed E-state index contributed by atoms with van der Waals surface area (Å²) < 4.78 is 6.93.